The summed E-state index contributed by atoms with van der Waals surface area (Å²) in [7, 11) is 0. The van der Waals surface area contributed by atoms with Crippen LogP contribution in [0.2, 0.25) is 0 Å². The predicted molar refractivity (Wildman–Crippen MR) is 89.3 cm³/mol. The molecule has 0 saturated carbocycles. The molecule has 2 aliphatic heterocycles. The number of nitrogens with zero attached hydrogens (tertiary/aromatic N) is 4. The van der Waals surface area contributed by atoms with E-state index in [1.165, 1.54) is 12.3 Å². The molecule has 0 bridgehead atoms. The lowest BCUT2D eigenvalue weighted by Crippen LogP contribution is -2.60. The fraction of sp³-hybridized carbons (Fsp3) is 0.471. The van der Waals surface area contributed by atoms with E-state index in [0.717, 1.165) is 42.8 Å². The van der Waals surface area contributed by atoms with Gasteiger partial charge in [0, 0.05) is 43.3 Å². The van der Waals surface area contributed by atoms with Crippen LogP contribution in [0.5, 0.6) is 0 Å². The molecule has 2 aromatic heterocycles. The zero-order chi connectivity index (χ0) is 16.7. The Bertz CT molecular complexity index is 779. The van der Waals surface area contributed by atoms with E-state index in [2.05, 4.69) is 20.2 Å². The zero-order valence-electron chi connectivity index (χ0n) is 13.5. The van der Waals surface area contributed by atoms with Gasteiger partial charge in [0.05, 0.1) is 22.5 Å². The normalized spacial score (nSPS) is 23.7. The summed E-state index contributed by atoms with van der Waals surface area (Å²) in [4.78, 5) is 25.0. The maximum atomic E-state index is 13.8. The van der Waals surface area contributed by atoms with E-state index >= 15 is 0 Å². The van der Waals surface area contributed by atoms with Crippen LogP contribution in [0.25, 0.3) is 0 Å². The number of aromatic nitrogens is 2. The van der Waals surface area contributed by atoms with Gasteiger partial charge in [0.25, 0.3) is 5.91 Å². The lowest BCUT2D eigenvalue weighted by molar-refractivity contribution is -0.0140. The standard InChI is InChI=1S/C17H19FN4OS/c1-12-20-13(10-24-12)9-22-7-4-17(22)3-6-21(11-17)16(23)14-2-5-19-8-15(14)18/h2,5,8,10H,3-4,6-7,9,11H2,1H3/t17-/m0/s1. The molecule has 5 nitrogen and oxygen atoms in total. The van der Waals surface area contributed by atoms with Crippen LogP contribution in [0, 0.1) is 12.7 Å². The van der Waals surface area contributed by atoms with Crippen LogP contribution >= 0.6 is 11.3 Å². The summed E-state index contributed by atoms with van der Waals surface area (Å²) in [5.41, 5.74) is 1.25. The predicted octanol–water partition coefficient (Wildman–Crippen LogP) is 2.48. The van der Waals surface area contributed by atoms with Gasteiger partial charge >= 0.3 is 0 Å². The molecule has 2 aliphatic rings. The highest BCUT2D eigenvalue weighted by molar-refractivity contribution is 7.09. The number of hydrogen-bond donors (Lipinski definition) is 0. The zero-order valence-corrected chi connectivity index (χ0v) is 14.4. The van der Waals surface area contributed by atoms with Crippen LogP contribution in [0.1, 0.15) is 33.9 Å². The number of halogens is 1. The van der Waals surface area contributed by atoms with Crippen molar-refractivity contribution in [2.45, 2.75) is 31.8 Å². The number of aryl methyl sites for hydroxylation is 1. The second-order valence-corrected chi connectivity index (χ2v) is 7.65. The molecule has 0 aromatic carbocycles. The van der Waals surface area contributed by atoms with Crippen molar-refractivity contribution in [2.75, 3.05) is 19.6 Å². The van der Waals surface area contributed by atoms with Gasteiger partial charge in [-0.15, -0.1) is 11.3 Å². The number of carbonyl (C=O) groups excluding carboxylic acids is 1. The van der Waals surface area contributed by atoms with Crippen molar-refractivity contribution in [3.63, 3.8) is 0 Å². The van der Waals surface area contributed by atoms with Gasteiger partial charge in [-0.2, -0.15) is 0 Å². The molecule has 2 saturated heterocycles. The highest BCUT2D eigenvalue weighted by atomic mass is 32.1. The van der Waals surface area contributed by atoms with Crippen LogP contribution in [0.15, 0.2) is 23.8 Å². The van der Waals surface area contributed by atoms with Gasteiger partial charge in [-0.25, -0.2) is 9.37 Å². The summed E-state index contributed by atoms with van der Waals surface area (Å²) >= 11 is 1.67. The van der Waals surface area contributed by atoms with Crippen LogP contribution in [0.3, 0.4) is 0 Å². The molecule has 2 fully saturated rings. The molecule has 24 heavy (non-hydrogen) atoms. The number of likely N-dealkylation sites (tertiary alicyclic amines) is 2. The third-order valence-corrected chi connectivity index (χ3v) is 5.98. The maximum Gasteiger partial charge on any atom is 0.257 e. The van der Waals surface area contributed by atoms with E-state index in [-0.39, 0.29) is 17.0 Å². The Morgan fingerprint density at radius 1 is 1.42 bits per heavy atom. The molecule has 1 atom stereocenters. The summed E-state index contributed by atoms with van der Waals surface area (Å²) < 4.78 is 13.8. The number of carbonyl (C=O) groups is 1. The molecule has 4 heterocycles. The molecular weight excluding hydrogens is 327 g/mol. The van der Waals surface area contributed by atoms with E-state index in [1.807, 2.05) is 6.92 Å². The molecule has 0 unspecified atom stereocenters. The molecule has 0 N–H and O–H groups in total. The molecule has 126 valence electrons. The van der Waals surface area contributed by atoms with Crippen LogP contribution in [-0.2, 0) is 6.54 Å². The topological polar surface area (TPSA) is 49.3 Å². The van der Waals surface area contributed by atoms with Gasteiger partial charge in [0.2, 0.25) is 0 Å². The Hall–Kier alpha value is -1.86. The Kier molecular flexibility index (Phi) is 3.85. The Balaban J connectivity index is 1.46. The molecule has 7 heteroatoms. The minimum Gasteiger partial charge on any atom is -0.337 e. The van der Waals surface area contributed by atoms with Gasteiger partial charge in [-0.1, -0.05) is 0 Å². The third kappa shape index (κ3) is 2.61. The van der Waals surface area contributed by atoms with Crippen molar-refractivity contribution < 1.29 is 9.18 Å². The summed E-state index contributed by atoms with van der Waals surface area (Å²) in [5.74, 6) is -0.782. The molecular formula is C17H19FN4OS. The summed E-state index contributed by atoms with van der Waals surface area (Å²) in [6, 6.07) is 1.46. The largest absolute Gasteiger partial charge is 0.337 e. The van der Waals surface area contributed by atoms with Crippen LogP contribution in [0.4, 0.5) is 4.39 Å². The van der Waals surface area contributed by atoms with E-state index in [0.29, 0.717) is 13.1 Å². The quantitative estimate of drug-likeness (QED) is 0.857. The van der Waals surface area contributed by atoms with Crippen molar-refractivity contribution in [3.05, 3.63) is 45.9 Å². The highest BCUT2D eigenvalue weighted by Gasteiger charge is 2.50. The van der Waals surface area contributed by atoms with Gasteiger partial charge in [-0.3, -0.25) is 14.7 Å². The van der Waals surface area contributed by atoms with Crippen LogP contribution < -0.4 is 0 Å². The molecule has 1 spiro atoms. The van der Waals surface area contributed by atoms with Crippen molar-refractivity contribution in [2.24, 2.45) is 0 Å². The second-order valence-electron chi connectivity index (χ2n) is 6.59. The van der Waals surface area contributed by atoms with Gasteiger partial charge < -0.3 is 4.90 Å². The smallest absolute Gasteiger partial charge is 0.257 e. The Morgan fingerprint density at radius 2 is 2.25 bits per heavy atom. The van der Waals surface area contributed by atoms with E-state index < -0.39 is 5.82 Å². The number of rotatable bonds is 3. The minimum absolute atomic E-state index is 0.0384. The second kappa shape index (κ2) is 5.89. The SMILES string of the molecule is Cc1nc(CN2CC[C@]23CCN(C(=O)c2ccncc2F)C3)cs1. The van der Waals surface area contributed by atoms with E-state index in [1.54, 1.807) is 16.2 Å². The van der Waals surface area contributed by atoms with Crippen molar-refractivity contribution in [1.82, 2.24) is 19.8 Å². The van der Waals surface area contributed by atoms with Crippen molar-refractivity contribution >= 4 is 17.2 Å². The fourth-order valence-corrected chi connectivity index (χ4v) is 4.32. The highest BCUT2D eigenvalue weighted by Crippen LogP contribution is 2.40. The lowest BCUT2D eigenvalue weighted by Gasteiger charge is -2.50. The summed E-state index contributed by atoms with van der Waals surface area (Å²) in [6.07, 6.45) is 4.58. The van der Waals surface area contributed by atoms with Gasteiger partial charge in [0.1, 0.15) is 0 Å². The first-order valence-corrected chi connectivity index (χ1v) is 9.00. The first-order valence-electron chi connectivity index (χ1n) is 8.12. The number of amides is 1. The number of pyridine rings is 1. The number of thiazole rings is 1. The van der Waals surface area contributed by atoms with Crippen LogP contribution in [-0.4, -0.2) is 50.8 Å². The molecule has 2 aromatic rings. The molecule has 0 aliphatic carbocycles. The van der Waals surface area contributed by atoms with Gasteiger partial charge in [-0.05, 0) is 25.8 Å². The summed E-state index contributed by atoms with van der Waals surface area (Å²) in [5, 5.41) is 3.18. The fourth-order valence-electron chi connectivity index (χ4n) is 3.72. The average molecular weight is 346 g/mol. The monoisotopic (exact) mass is 346 g/mol. The average Bonchev–Trinajstić information content (AvgIpc) is 3.19. The Morgan fingerprint density at radius 3 is 2.92 bits per heavy atom. The molecule has 1 amide bonds. The Labute approximate surface area is 144 Å². The molecule has 0 radical (unpaired) electrons. The maximum absolute atomic E-state index is 13.8. The minimum atomic E-state index is -0.549. The lowest BCUT2D eigenvalue weighted by atomic mass is 9.83. The molecule has 4 rings (SSSR count). The van der Waals surface area contributed by atoms with Crippen molar-refractivity contribution in [1.29, 1.82) is 0 Å². The van der Waals surface area contributed by atoms with Crippen molar-refractivity contribution in [3.8, 4) is 0 Å². The first kappa shape index (κ1) is 15.7. The van der Waals surface area contributed by atoms with E-state index in [4.69, 9.17) is 0 Å². The van der Waals surface area contributed by atoms with Gasteiger partial charge in [0.15, 0.2) is 5.82 Å². The number of hydrogen-bond acceptors (Lipinski definition) is 5. The first-order chi connectivity index (χ1) is 11.6. The summed E-state index contributed by atoms with van der Waals surface area (Å²) in [6.45, 7) is 5.21. The van der Waals surface area contributed by atoms with E-state index in [9.17, 15) is 9.18 Å². The third-order valence-electron chi connectivity index (χ3n) is 5.16.